The molecule has 0 bridgehead atoms. The molecule has 4 heteroatoms. The van der Waals surface area contributed by atoms with E-state index in [0.29, 0.717) is 28.0 Å². The molecular formula is C10H10Cl2O2. The average Bonchev–Trinajstić information content (AvgIpc) is 2.10. The third-order valence-corrected chi connectivity index (χ3v) is 2.29. The second-order valence-corrected chi connectivity index (χ2v) is 3.57. The van der Waals surface area contributed by atoms with Gasteiger partial charge in [-0.05, 0) is 19.9 Å². The van der Waals surface area contributed by atoms with Crippen molar-refractivity contribution in [1.29, 1.82) is 0 Å². The molecule has 0 heterocycles. The molecule has 76 valence electrons. The summed E-state index contributed by atoms with van der Waals surface area (Å²) in [6.07, 6.45) is 0. The van der Waals surface area contributed by atoms with Crippen LogP contribution in [-0.4, -0.2) is 12.4 Å². The van der Waals surface area contributed by atoms with E-state index in [1.165, 1.54) is 13.0 Å². The number of carbonyl (C=O) groups is 1. The summed E-state index contributed by atoms with van der Waals surface area (Å²) in [5.74, 6) is 0.324. The lowest BCUT2D eigenvalue weighted by molar-refractivity contribution is 0.101. The van der Waals surface area contributed by atoms with Crippen molar-refractivity contribution < 1.29 is 9.53 Å². The molecule has 0 spiro atoms. The Morgan fingerprint density at radius 3 is 2.57 bits per heavy atom. The maximum absolute atomic E-state index is 11.2. The lowest BCUT2D eigenvalue weighted by Gasteiger charge is -2.08. The van der Waals surface area contributed by atoms with Gasteiger partial charge in [0.15, 0.2) is 5.78 Å². The molecule has 0 N–H and O–H groups in total. The van der Waals surface area contributed by atoms with Crippen molar-refractivity contribution in [2.45, 2.75) is 13.8 Å². The predicted octanol–water partition coefficient (Wildman–Crippen LogP) is 3.59. The highest BCUT2D eigenvalue weighted by atomic mass is 35.5. The highest BCUT2D eigenvalue weighted by molar-refractivity contribution is 6.37. The summed E-state index contributed by atoms with van der Waals surface area (Å²) in [6, 6.07) is 3.13. The normalized spacial score (nSPS) is 10.0. The van der Waals surface area contributed by atoms with Gasteiger partial charge in [0, 0.05) is 16.7 Å². The lowest BCUT2D eigenvalue weighted by atomic mass is 10.1. The van der Waals surface area contributed by atoms with Crippen LogP contribution < -0.4 is 4.74 Å². The molecular weight excluding hydrogens is 223 g/mol. The summed E-state index contributed by atoms with van der Waals surface area (Å²) >= 11 is 11.8. The van der Waals surface area contributed by atoms with Crippen LogP contribution in [0.2, 0.25) is 10.0 Å². The first-order valence-corrected chi connectivity index (χ1v) is 4.94. The zero-order chi connectivity index (χ0) is 10.7. The first kappa shape index (κ1) is 11.3. The zero-order valence-corrected chi connectivity index (χ0v) is 9.45. The third kappa shape index (κ3) is 2.40. The van der Waals surface area contributed by atoms with Crippen molar-refractivity contribution in [1.82, 2.24) is 0 Å². The summed E-state index contributed by atoms with van der Waals surface area (Å²) in [5.41, 5.74) is 0.391. The van der Waals surface area contributed by atoms with Crippen LogP contribution in [0.4, 0.5) is 0 Å². The van der Waals surface area contributed by atoms with E-state index in [0.717, 1.165) is 0 Å². The van der Waals surface area contributed by atoms with E-state index in [2.05, 4.69) is 0 Å². The standard InChI is InChI=1S/C10H10Cl2O2/c1-3-14-9-5-7(11)4-8(6(2)13)10(9)12/h4-5H,3H2,1-2H3. The van der Waals surface area contributed by atoms with Crippen molar-refractivity contribution >= 4 is 29.0 Å². The summed E-state index contributed by atoms with van der Waals surface area (Å²) < 4.78 is 5.24. The Bertz CT molecular complexity index is 361. The fourth-order valence-corrected chi connectivity index (χ4v) is 1.59. The van der Waals surface area contributed by atoms with E-state index >= 15 is 0 Å². The molecule has 0 radical (unpaired) electrons. The van der Waals surface area contributed by atoms with E-state index in [4.69, 9.17) is 27.9 Å². The number of halogens is 2. The molecule has 14 heavy (non-hydrogen) atoms. The minimum absolute atomic E-state index is 0.126. The molecule has 0 saturated heterocycles. The first-order chi connectivity index (χ1) is 6.56. The number of benzene rings is 1. The van der Waals surface area contributed by atoms with Gasteiger partial charge in [-0.3, -0.25) is 4.79 Å². The molecule has 0 unspecified atom stereocenters. The maximum Gasteiger partial charge on any atom is 0.161 e. The fraction of sp³-hybridized carbons (Fsp3) is 0.300. The molecule has 1 aromatic carbocycles. The lowest BCUT2D eigenvalue weighted by Crippen LogP contribution is -1.98. The van der Waals surface area contributed by atoms with E-state index in [9.17, 15) is 4.79 Å². The summed E-state index contributed by atoms with van der Waals surface area (Å²) in [7, 11) is 0. The van der Waals surface area contributed by atoms with Gasteiger partial charge in [-0.25, -0.2) is 0 Å². The number of carbonyl (C=O) groups excluding carboxylic acids is 1. The third-order valence-electron chi connectivity index (χ3n) is 1.68. The number of ether oxygens (including phenoxy) is 1. The van der Waals surface area contributed by atoms with Gasteiger partial charge in [0.05, 0.1) is 11.6 Å². The van der Waals surface area contributed by atoms with Gasteiger partial charge >= 0.3 is 0 Å². The number of Topliss-reactive ketones (excluding diaryl/α,β-unsaturated/α-hetero) is 1. The Morgan fingerprint density at radius 2 is 2.07 bits per heavy atom. The van der Waals surface area contributed by atoms with Crippen molar-refractivity contribution in [3.05, 3.63) is 27.7 Å². The SMILES string of the molecule is CCOc1cc(Cl)cc(C(C)=O)c1Cl. The Kier molecular flexibility index (Phi) is 3.78. The maximum atomic E-state index is 11.2. The molecule has 0 fully saturated rings. The molecule has 1 aromatic rings. The summed E-state index contributed by atoms with van der Waals surface area (Å²) in [6.45, 7) is 3.76. The Balaban J connectivity index is 3.24. The first-order valence-electron chi connectivity index (χ1n) is 4.19. The van der Waals surface area contributed by atoms with Crippen molar-refractivity contribution in [3.8, 4) is 5.75 Å². The number of hydrogen-bond acceptors (Lipinski definition) is 2. The molecule has 0 atom stereocenters. The van der Waals surface area contributed by atoms with Crippen molar-refractivity contribution in [3.63, 3.8) is 0 Å². The van der Waals surface area contributed by atoms with Crippen LogP contribution in [0.1, 0.15) is 24.2 Å². The zero-order valence-electron chi connectivity index (χ0n) is 7.93. The van der Waals surface area contributed by atoms with E-state index in [-0.39, 0.29) is 5.78 Å². The summed E-state index contributed by atoms with van der Waals surface area (Å²) in [5, 5.41) is 0.770. The van der Waals surface area contributed by atoms with Gasteiger partial charge in [-0.2, -0.15) is 0 Å². The number of hydrogen-bond donors (Lipinski definition) is 0. The van der Waals surface area contributed by atoms with Crippen LogP contribution in [0.3, 0.4) is 0 Å². The molecule has 0 amide bonds. The van der Waals surface area contributed by atoms with Crippen LogP contribution in [0.25, 0.3) is 0 Å². The summed E-state index contributed by atoms with van der Waals surface area (Å²) in [4.78, 5) is 11.2. The topological polar surface area (TPSA) is 26.3 Å². The molecule has 1 rings (SSSR count). The molecule has 0 aliphatic heterocycles. The number of ketones is 1. The van der Waals surface area contributed by atoms with Crippen LogP contribution in [0.15, 0.2) is 12.1 Å². The monoisotopic (exact) mass is 232 g/mol. The van der Waals surface area contributed by atoms with Crippen LogP contribution in [-0.2, 0) is 0 Å². The average molecular weight is 233 g/mol. The minimum atomic E-state index is -0.126. The second-order valence-electron chi connectivity index (χ2n) is 2.75. The van der Waals surface area contributed by atoms with Crippen LogP contribution in [0.5, 0.6) is 5.75 Å². The minimum Gasteiger partial charge on any atom is -0.492 e. The van der Waals surface area contributed by atoms with Gasteiger partial charge < -0.3 is 4.74 Å². The van der Waals surface area contributed by atoms with Crippen molar-refractivity contribution in [2.24, 2.45) is 0 Å². The van der Waals surface area contributed by atoms with Crippen LogP contribution in [0, 0.1) is 0 Å². The van der Waals surface area contributed by atoms with Gasteiger partial charge in [0.1, 0.15) is 5.75 Å². The van der Waals surface area contributed by atoms with Gasteiger partial charge in [-0.15, -0.1) is 0 Å². The Labute approximate surface area is 92.8 Å². The predicted molar refractivity (Wildman–Crippen MR) is 57.6 cm³/mol. The van der Waals surface area contributed by atoms with Crippen LogP contribution >= 0.6 is 23.2 Å². The Morgan fingerprint density at radius 1 is 1.43 bits per heavy atom. The number of rotatable bonds is 3. The van der Waals surface area contributed by atoms with E-state index < -0.39 is 0 Å². The largest absolute Gasteiger partial charge is 0.492 e. The smallest absolute Gasteiger partial charge is 0.161 e. The molecule has 0 aliphatic rings. The van der Waals surface area contributed by atoms with Crippen molar-refractivity contribution in [2.75, 3.05) is 6.61 Å². The van der Waals surface area contributed by atoms with Gasteiger partial charge in [0.2, 0.25) is 0 Å². The molecule has 0 aliphatic carbocycles. The Hall–Kier alpha value is -0.730. The van der Waals surface area contributed by atoms with E-state index in [1.54, 1.807) is 6.07 Å². The highest BCUT2D eigenvalue weighted by Gasteiger charge is 2.12. The fourth-order valence-electron chi connectivity index (χ4n) is 1.08. The molecule has 2 nitrogen and oxygen atoms in total. The highest BCUT2D eigenvalue weighted by Crippen LogP contribution is 2.32. The quantitative estimate of drug-likeness (QED) is 0.745. The van der Waals surface area contributed by atoms with Gasteiger partial charge in [0.25, 0.3) is 0 Å². The van der Waals surface area contributed by atoms with Gasteiger partial charge in [-0.1, -0.05) is 23.2 Å². The molecule has 0 aromatic heterocycles. The van der Waals surface area contributed by atoms with E-state index in [1.807, 2.05) is 6.92 Å². The molecule has 0 saturated carbocycles. The second kappa shape index (κ2) is 4.67.